The second kappa shape index (κ2) is 4.48. The fraction of sp³-hybridized carbons (Fsp3) is 0.333. The smallest absolute Gasteiger partial charge is 0.172 e. The van der Waals surface area contributed by atoms with Crippen molar-refractivity contribution < 1.29 is 10.2 Å². The molecule has 1 aromatic carbocycles. The van der Waals surface area contributed by atoms with Crippen molar-refractivity contribution in [2.75, 3.05) is 13.6 Å². The number of nitrogens with one attached hydrogen (secondary N) is 1. The van der Waals surface area contributed by atoms with E-state index in [0.29, 0.717) is 10.9 Å². The minimum atomic E-state index is -0.0893. The number of hydrogen-bond donors (Lipinski definition) is 3. The molecule has 0 aliphatic rings. The first-order chi connectivity index (χ1) is 6.16. The van der Waals surface area contributed by atoms with E-state index >= 15 is 0 Å². The normalized spacial score (nSPS) is 10.3. The van der Waals surface area contributed by atoms with Crippen LogP contribution in [-0.2, 0) is 6.42 Å². The maximum atomic E-state index is 9.50. The summed E-state index contributed by atoms with van der Waals surface area (Å²) in [5.41, 5.74) is 0.745. The largest absolute Gasteiger partial charge is 0.504 e. The Morgan fingerprint density at radius 3 is 2.62 bits per heavy atom. The van der Waals surface area contributed by atoms with Gasteiger partial charge in [0.2, 0.25) is 0 Å². The second-order valence-electron chi connectivity index (χ2n) is 2.76. The fourth-order valence-electron chi connectivity index (χ4n) is 1.06. The Morgan fingerprint density at radius 2 is 2.00 bits per heavy atom. The maximum absolute atomic E-state index is 9.50. The number of hydrogen-bond acceptors (Lipinski definition) is 3. The summed E-state index contributed by atoms with van der Waals surface area (Å²) in [5, 5.41) is 21.8. The van der Waals surface area contributed by atoms with Crippen LogP contribution in [0.15, 0.2) is 16.6 Å². The van der Waals surface area contributed by atoms with Gasteiger partial charge in [-0.3, -0.25) is 0 Å². The SMILES string of the molecule is CNCCc1ccc(Br)c(O)c1O. The molecule has 1 aromatic rings. The van der Waals surface area contributed by atoms with Crippen LogP contribution in [0.1, 0.15) is 5.56 Å². The molecule has 3 N–H and O–H groups in total. The number of phenolic OH excluding ortho intramolecular Hbond substituents is 2. The van der Waals surface area contributed by atoms with Crippen LogP contribution in [0.2, 0.25) is 0 Å². The highest BCUT2D eigenvalue weighted by atomic mass is 79.9. The van der Waals surface area contributed by atoms with Crippen molar-refractivity contribution in [1.29, 1.82) is 0 Å². The first-order valence-electron chi connectivity index (χ1n) is 4.00. The predicted octanol–water partition coefficient (Wildman–Crippen LogP) is 1.62. The van der Waals surface area contributed by atoms with E-state index in [1.165, 1.54) is 0 Å². The third-order valence-corrected chi connectivity index (χ3v) is 2.47. The Balaban J connectivity index is 2.90. The van der Waals surface area contributed by atoms with Gasteiger partial charge in [-0.15, -0.1) is 0 Å². The molecule has 0 atom stereocenters. The topological polar surface area (TPSA) is 52.5 Å². The summed E-state index contributed by atoms with van der Waals surface area (Å²) in [6.45, 7) is 0.772. The Hall–Kier alpha value is -0.740. The molecule has 0 aliphatic heterocycles. The third-order valence-electron chi connectivity index (χ3n) is 1.83. The fourth-order valence-corrected chi connectivity index (χ4v) is 1.38. The highest BCUT2D eigenvalue weighted by Gasteiger charge is 2.08. The third kappa shape index (κ3) is 2.35. The van der Waals surface area contributed by atoms with Crippen LogP contribution >= 0.6 is 15.9 Å². The highest BCUT2D eigenvalue weighted by molar-refractivity contribution is 9.10. The van der Waals surface area contributed by atoms with Gasteiger partial charge in [0.15, 0.2) is 11.5 Å². The van der Waals surface area contributed by atoms with Crippen LogP contribution in [0, 0.1) is 0 Å². The van der Waals surface area contributed by atoms with Crippen molar-refractivity contribution in [1.82, 2.24) is 5.32 Å². The number of likely N-dealkylation sites (N-methyl/N-ethyl adjacent to an activating group) is 1. The predicted molar refractivity (Wildman–Crippen MR) is 55.1 cm³/mol. The number of aromatic hydroxyl groups is 2. The van der Waals surface area contributed by atoms with E-state index in [1.54, 1.807) is 12.1 Å². The van der Waals surface area contributed by atoms with Crippen molar-refractivity contribution in [2.24, 2.45) is 0 Å². The van der Waals surface area contributed by atoms with Gasteiger partial charge in [0, 0.05) is 0 Å². The monoisotopic (exact) mass is 245 g/mol. The molecule has 1 rings (SSSR count). The molecule has 0 bridgehead atoms. The van der Waals surface area contributed by atoms with E-state index in [9.17, 15) is 10.2 Å². The molecule has 0 aliphatic carbocycles. The van der Waals surface area contributed by atoms with Crippen molar-refractivity contribution in [2.45, 2.75) is 6.42 Å². The van der Waals surface area contributed by atoms with E-state index in [1.807, 2.05) is 7.05 Å². The summed E-state index contributed by atoms with van der Waals surface area (Å²) in [4.78, 5) is 0. The van der Waals surface area contributed by atoms with Crippen molar-refractivity contribution in [3.63, 3.8) is 0 Å². The zero-order chi connectivity index (χ0) is 9.84. The van der Waals surface area contributed by atoms with Crippen molar-refractivity contribution in [3.8, 4) is 11.5 Å². The lowest BCUT2D eigenvalue weighted by Gasteiger charge is -2.06. The molecule has 0 amide bonds. The van der Waals surface area contributed by atoms with E-state index in [2.05, 4.69) is 21.2 Å². The molecule has 0 heterocycles. The van der Waals surface area contributed by atoms with Crippen LogP contribution in [0.3, 0.4) is 0 Å². The molecule has 0 aromatic heterocycles. The van der Waals surface area contributed by atoms with Gasteiger partial charge in [0.25, 0.3) is 0 Å². The van der Waals surface area contributed by atoms with Gasteiger partial charge in [-0.05, 0) is 47.6 Å². The van der Waals surface area contributed by atoms with Crippen LogP contribution in [0.4, 0.5) is 0 Å². The van der Waals surface area contributed by atoms with E-state index < -0.39 is 0 Å². The van der Waals surface area contributed by atoms with Gasteiger partial charge < -0.3 is 15.5 Å². The van der Waals surface area contributed by atoms with Crippen molar-refractivity contribution in [3.05, 3.63) is 22.2 Å². The van der Waals surface area contributed by atoms with Gasteiger partial charge >= 0.3 is 0 Å². The minimum absolute atomic E-state index is 0.0374. The van der Waals surface area contributed by atoms with Gasteiger partial charge in [0.05, 0.1) is 4.47 Å². The number of halogens is 1. The van der Waals surface area contributed by atoms with Gasteiger partial charge in [-0.25, -0.2) is 0 Å². The van der Waals surface area contributed by atoms with Crippen LogP contribution in [0.5, 0.6) is 11.5 Å². The number of benzene rings is 1. The Kier molecular flexibility index (Phi) is 3.57. The maximum Gasteiger partial charge on any atom is 0.172 e. The molecule has 72 valence electrons. The highest BCUT2D eigenvalue weighted by Crippen LogP contribution is 2.35. The molecule has 0 saturated carbocycles. The zero-order valence-corrected chi connectivity index (χ0v) is 8.93. The molecule has 13 heavy (non-hydrogen) atoms. The Bertz CT molecular complexity index is 302. The summed E-state index contributed by atoms with van der Waals surface area (Å²) >= 11 is 3.12. The number of phenols is 2. The molecular formula is C9H12BrNO2. The minimum Gasteiger partial charge on any atom is -0.504 e. The van der Waals surface area contributed by atoms with E-state index in [-0.39, 0.29) is 11.5 Å². The number of rotatable bonds is 3. The van der Waals surface area contributed by atoms with Crippen LogP contribution < -0.4 is 5.32 Å². The lowest BCUT2D eigenvalue weighted by atomic mass is 10.1. The molecule has 0 spiro atoms. The van der Waals surface area contributed by atoms with Gasteiger partial charge in [0.1, 0.15) is 0 Å². The zero-order valence-electron chi connectivity index (χ0n) is 7.34. The van der Waals surface area contributed by atoms with Crippen molar-refractivity contribution >= 4 is 15.9 Å². The first kappa shape index (κ1) is 10.3. The molecule has 4 heteroatoms. The van der Waals surface area contributed by atoms with Gasteiger partial charge in [-0.2, -0.15) is 0 Å². The first-order valence-corrected chi connectivity index (χ1v) is 4.80. The Morgan fingerprint density at radius 1 is 1.31 bits per heavy atom. The molecule has 0 radical (unpaired) electrons. The molecule has 0 saturated heterocycles. The lowest BCUT2D eigenvalue weighted by molar-refractivity contribution is 0.397. The van der Waals surface area contributed by atoms with E-state index in [4.69, 9.17) is 0 Å². The molecule has 3 nitrogen and oxygen atoms in total. The lowest BCUT2D eigenvalue weighted by Crippen LogP contribution is -2.10. The summed E-state index contributed by atoms with van der Waals surface area (Å²) in [7, 11) is 1.84. The molecule has 0 unspecified atom stereocenters. The summed E-state index contributed by atoms with van der Waals surface area (Å²) in [5.74, 6) is -0.127. The quantitative estimate of drug-likeness (QED) is 0.710. The second-order valence-corrected chi connectivity index (χ2v) is 3.61. The molecular weight excluding hydrogens is 234 g/mol. The van der Waals surface area contributed by atoms with E-state index in [0.717, 1.165) is 12.1 Å². The average Bonchev–Trinajstić information content (AvgIpc) is 2.13. The van der Waals surface area contributed by atoms with Crippen LogP contribution in [0.25, 0.3) is 0 Å². The summed E-state index contributed by atoms with van der Waals surface area (Å²) < 4.78 is 0.512. The average molecular weight is 246 g/mol. The summed E-state index contributed by atoms with van der Waals surface area (Å²) in [6, 6.07) is 3.51. The van der Waals surface area contributed by atoms with Gasteiger partial charge in [-0.1, -0.05) is 6.07 Å². The van der Waals surface area contributed by atoms with Crippen LogP contribution in [-0.4, -0.2) is 23.8 Å². The Labute approximate surface area is 85.5 Å². The standard InChI is InChI=1S/C9H12BrNO2/c1-11-5-4-6-2-3-7(10)9(13)8(6)12/h2-3,11-13H,4-5H2,1H3. The molecule has 0 fully saturated rings. The summed E-state index contributed by atoms with van der Waals surface area (Å²) in [6.07, 6.45) is 0.698.